The average molecular weight is 244 g/mol. The first-order valence-corrected chi connectivity index (χ1v) is 7.67. The summed E-state index contributed by atoms with van der Waals surface area (Å²) >= 11 is 2.05. The van der Waals surface area contributed by atoms with Gasteiger partial charge in [0.15, 0.2) is 0 Å². The lowest BCUT2D eigenvalue weighted by atomic mass is 9.88. The van der Waals surface area contributed by atoms with Gasteiger partial charge in [0, 0.05) is 36.5 Å². The molecule has 1 fully saturated rings. The molecule has 16 heavy (non-hydrogen) atoms. The molecule has 0 saturated carbocycles. The van der Waals surface area contributed by atoms with Gasteiger partial charge in [-0.1, -0.05) is 13.8 Å². The molecule has 96 valence electrons. The molecule has 1 rings (SSSR count). The molecule has 2 nitrogen and oxygen atoms in total. The maximum absolute atomic E-state index is 3.71. The summed E-state index contributed by atoms with van der Waals surface area (Å²) < 4.78 is 0. The molecule has 1 aliphatic rings. The summed E-state index contributed by atoms with van der Waals surface area (Å²) in [5.74, 6) is 2.50. The average Bonchev–Trinajstić information content (AvgIpc) is 2.24. The third kappa shape index (κ3) is 3.64. The van der Waals surface area contributed by atoms with Crippen molar-refractivity contribution in [3.63, 3.8) is 0 Å². The highest BCUT2D eigenvalue weighted by molar-refractivity contribution is 7.99. The Morgan fingerprint density at radius 3 is 2.50 bits per heavy atom. The SMILES string of the molecule is CCSCCN1CC(C)(CC)NCC1(C)C. The van der Waals surface area contributed by atoms with Crippen molar-refractivity contribution in [1.29, 1.82) is 0 Å². The molecular weight excluding hydrogens is 216 g/mol. The minimum atomic E-state index is 0.309. The van der Waals surface area contributed by atoms with Crippen LogP contribution in [0, 0.1) is 0 Å². The molecule has 0 aromatic heterocycles. The topological polar surface area (TPSA) is 15.3 Å². The maximum atomic E-state index is 3.71. The van der Waals surface area contributed by atoms with Gasteiger partial charge in [-0.15, -0.1) is 0 Å². The Morgan fingerprint density at radius 1 is 1.25 bits per heavy atom. The summed E-state index contributed by atoms with van der Waals surface area (Å²) in [6.07, 6.45) is 1.21. The van der Waals surface area contributed by atoms with Gasteiger partial charge in [-0.25, -0.2) is 0 Å². The van der Waals surface area contributed by atoms with E-state index in [0.717, 1.165) is 6.54 Å². The zero-order chi connectivity index (χ0) is 12.2. The van der Waals surface area contributed by atoms with Gasteiger partial charge in [-0.2, -0.15) is 11.8 Å². The number of hydrogen-bond donors (Lipinski definition) is 1. The van der Waals surface area contributed by atoms with Crippen molar-refractivity contribution in [1.82, 2.24) is 10.2 Å². The van der Waals surface area contributed by atoms with Crippen molar-refractivity contribution in [2.45, 2.75) is 52.1 Å². The fraction of sp³-hybridized carbons (Fsp3) is 1.00. The van der Waals surface area contributed by atoms with Crippen LogP contribution in [0.4, 0.5) is 0 Å². The third-order valence-electron chi connectivity index (χ3n) is 3.83. The number of nitrogens with zero attached hydrogens (tertiary/aromatic N) is 1. The minimum Gasteiger partial charge on any atom is -0.308 e. The van der Waals surface area contributed by atoms with E-state index in [1.165, 1.54) is 31.0 Å². The molecule has 0 aliphatic carbocycles. The largest absolute Gasteiger partial charge is 0.308 e. The smallest absolute Gasteiger partial charge is 0.0278 e. The molecule has 0 bridgehead atoms. The van der Waals surface area contributed by atoms with E-state index in [0.29, 0.717) is 11.1 Å². The summed E-state index contributed by atoms with van der Waals surface area (Å²) in [5.41, 5.74) is 0.620. The van der Waals surface area contributed by atoms with Crippen LogP contribution < -0.4 is 5.32 Å². The first kappa shape index (κ1) is 14.3. The number of nitrogens with one attached hydrogen (secondary N) is 1. The summed E-state index contributed by atoms with van der Waals surface area (Å²) in [6.45, 7) is 15.1. The van der Waals surface area contributed by atoms with E-state index in [1.807, 2.05) is 11.8 Å². The van der Waals surface area contributed by atoms with Crippen molar-refractivity contribution in [2.24, 2.45) is 0 Å². The van der Waals surface area contributed by atoms with Crippen molar-refractivity contribution >= 4 is 11.8 Å². The lowest BCUT2D eigenvalue weighted by Gasteiger charge is -2.50. The minimum absolute atomic E-state index is 0.309. The van der Waals surface area contributed by atoms with Gasteiger partial charge >= 0.3 is 0 Å². The quantitative estimate of drug-likeness (QED) is 0.748. The molecule has 1 aliphatic heterocycles. The van der Waals surface area contributed by atoms with E-state index in [-0.39, 0.29) is 0 Å². The molecule has 0 radical (unpaired) electrons. The van der Waals surface area contributed by atoms with Gasteiger partial charge < -0.3 is 5.32 Å². The molecule has 3 heteroatoms. The monoisotopic (exact) mass is 244 g/mol. The molecule has 0 spiro atoms. The number of rotatable bonds is 5. The van der Waals surface area contributed by atoms with Gasteiger partial charge in [-0.3, -0.25) is 4.90 Å². The highest BCUT2D eigenvalue weighted by Gasteiger charge is 2.38. The summed E-state index contributed by atoms with van der Waals surface area (Å²) in [4.78, 5) is 2.66. The predicted octanol–water partition coefficient (Wildman–Crippen LogP) is 2.59. The fourth-order valence-corrected chi connectivity index (χ4v) is 2.81. The van der Waals surface area contributed by atoms with Crippen molar-refractivity contribution in [3.05, 3.63) is 0 Å². The first-order valence-electron chi connectivity index (χ1n) is 6.51. The van der Waals surface area contributed by atoms with Crippen molar-refractivity contribution < 1.29 is 0 Å². The Balaban J connectivity index is 2.54. The molecule has 1 saturated heterocycles. The molecule has 1 heterocycles. The molecule has 0 amide bonds. The van der Waals surface area contributed by atoms with Crippen LogP contribution in [0.1, 0.15) is 41.0 Å². The van der Waals surface area contributed by atoms with Crippen LogP contribution in [0.5, 0.6) is 0 Å². The van der Waals surface area contributed by atoms with Gasteiger partial charge in [0.1, 0.15) is 0 Å². The van der Waals surface area contributed by atoms with Crippen LogP contribution in [0.25, 0.3) is 0 Å². The molecule has 1 unspecified atom stereocenters. The van der Waals surface area contributed by atoms with Crippen molar-refractivity contribution in [3.8, 4) is 0 Å². The second kappa shape index (κ2) is 5.74. The molecule has 0 aromatic carbocycles. The molecular formula is C13H28N2S. The predicted molar refractivity (Wildman–Crippen MR) is 75.3 cm³/mol. The Hall–Kier alpha value is 0.270. The summed E-state index contributed by atoms with van der Waals surface area (Å²) in [6, 6.07) is 0. The lowest BCUT2D eigenvalue weighted by Crippen LogP contribution is -2.67. The highest BCUT2D eigenvalue weighted by Crippen LogP contribution is 2.25. The Bertz CT molecular complexity index is 218. The van der Waals surface area contributed by atoms with Crippen LogP contribution in [-0.4, -0.2) is 47.1 Å². The van der Waals surface area contributed by atoms with E-state index < -0.39 is 0 Å². The van der Waals surface area contributed by atoms with E-state index in [4.69, 9.17) is 0 Å². The molecule has 1 atom stereocenters. The van der Waals surface area contributed by atoms with E-state index >= 15 is 0 Å². The first-order chi connectivity index (χ1) is 7.43. The second-order valence-electron chi connectivity index (χ2n) is 5.70. The van der Waals surface area contributed by atoms with E-state index in [1.54, 1.807) is 0 Å². The van der Waals surface area contributed by atoms with Crippen LogP contribution >= 0.6 is 11.8 Å². The molecule has 1 N–H and O–H groups in total. The van der Waals surface area contributed by atoms with Gasteiger partial charge in [0.05, 0.1) is 0 Å². The second-order valence-corrected chi connectivity index (χ2v) is 7.09. The summed E-state index contributed by atoms with van der Waals surface area (Å²) in [7, 11) is 0. The van der Waals surface area contributed by atoms with Crippen LogP contribution in [0.2, 0.25) is 0 Å². The third-order valence-corrected chi connectivity index (χ3v) is 4.71. The Morgan fingerprint density at radius 2 is 1.94 bits per heavy atom. The number of hydrogen-bond acceptors (Lipinski definition) is 3. The van der Waals surface area contributed by atoms with Crippen LogP contribution in [0.3, 0.4) is 0 Å². The van der Waals surface area contributed by atoms with Gasteiger partial charge in [-0.05, 0) is 32.9 Å². The number of thioether (sulfide) groups is 1. The Labute approximate surface area is 106 Å². The van der Waals surface area contributed by atoms with E-state index in [9.17, 15) is 0 Å². The maximum Gasteiger partial charge on any atom is 0.0278 e. The number of piperazine rings is 1. The van der Waals surface area contributed by atoms with E-state index in [2.05, 4.69) is 44.8 Å². The highest BCUT2D eigenvalue weighted by atomic mass is 32.2. The van der Waals surface area contributed by atoms with Gasteiger partial charge in [0.25, 0.3) is 0 Å². The van der Waals surface area contributed by atoms with Gasteiger partial charge in [0.2, 0.25) is 0 Å². The zero-order valence-electron chi connectivity index (χ0n) is 11.6. The Kier molecular flexibility index (Phi) is 5.14. The standard InChI is InChI=1S/C13H28N2S/c1-6-13(5)11-15(8-9-16-7-2)12(3,4)10-14-13/h14H,6-11H2,1-5H3. The van der Waals surface area contributed by atoms with Crippen LogP contribution in [0.15, 0.2) is 0 Å². The normalized spacial score (nSPS) is 30.6. The van der Waals surface area contributed by atoms with Crippen molar-refractivity contribution in [2.75, 3.05) is 31.1 Å². The fourth-order valence-electron chi connectivity index (χ4n) is 2.17. The van der Waals surface area contributed by atoms with Crippen LogP contribution in [-0.2, 0) is 0 Å². The zero-order valence-corrected chi connectivity index (χ0v) is 12.4. The summed E-state index contributed by atoms with van der Waals surface area (Å²) in [5, 5.41) is 3.71. The lowest BCUT2D eigenvalue weighted by molar-refractivity contribution is 0.0370. The molecule has 0 aromatic rings.